The molecule has 0 heterocycles. The molecular formula is H8AlBCuMg. The summed E-state index contributed by atoms with van der Waals surface area (Å²) in [7, 11) is 0. The number of hydrogen-bond donors (Lipinski definition) is 0. The SMILES string of the molecule is B.[AlH3].[Cu].[MgH2]. The maximum Gasteiger partial charge on any atom is 0.316 e. The summed E-state index contributed by atoms with van der Waals surface area (Å²) in [6.07, 6.45) is 0. The van der Waals surface area contributed by atoms with Gasteiger partial charge in [-0.3, -0.25) is 0 Å². The van der Waals surface area contributed by atoms with Gasteiger partial charge < -0.3 is 0 Å². The van der Waals surface area contributed by atoms with Gasteiger partial charge in [0.05, 0.1) is 8.41 Å². The summed E-state index contributed by atoms with van der Waals surface area (Å²) in [5.41, 5.74) is 0. The van der Waals surface area contributed by atoms with E-state index in [1.165, 1.54) is 0 Å². The maximum atomic E-state index is 0. The molecule has 4 heteroatoms. The second-order valence-electron chi connectivity index (χ2n) is 0. The molecule has 0 amide bonds. The Hall–Kier alpha value is 1.88. The van der Waals surface area contributed by atoms with Gasteiger partial charge >= 0.3 is 23.1 Å². The summed E-state index contributed by atoms with van der Waals surface area (Å²) >= 11 is 0. The molecule has 0 rings (SSSR count). The smallest absolute Gasteiger partial charge is 0 e. The summed E-state index contributed by atoms with van der Waals surface area (Å²) in [6, 6.07) is 0. The monoisotopic (exact) mass is 133 g/mol. The van der Waals surface area contributed by atoms with E-state index in [9.17, 15) is 0 Å². The van der Waals surface area contributed by atoms with Crippen molar-refractivity contribution in [3.05, 3.63) is 0 Å². The molecule has 1 radical (unpaired) electrons. The topological polar surface area (TPSA) is 0 Å². The minimum atomic E-state index is 0. The van der Waals surface area contributed by atoms with Crippen LogP contribution in [0.3, 0.4) is 0 Å². The van der Waals surface area contributed by atoms with Crippen LogP contribution >= 0.6 is 0 Å². The molecule has 0 bridgehead atoms. The normalized spacial score (nSPS) is 0. The molecular weight excluding hydrogens is 126 g/mol. The molecule has 0 spiro atoms. The van der Waals surface area contributed by atoms with Crippen molar-refractivity contribution in [2.75, 3.05) is 0 Å². The van der Waals surface area contributed by atoms with Crippen LogP contribution in [0.5, 0.6) is 0 Å². The molecule has 0 aromatic rings. The van der Waals surface area contributed by atoms with Crippen molar-refractivity contribution in [1.82, 2.24) is 0 Å². The van der Waals surface area contributed by atoms with Gasteiger partial charge in [-0.15, -0.1) is 0 Å². The van der Waals surface area contributed by atoms with Crippen molar-refractivity contribution in [3.8, 4) is 0 Å². The first-order valence-electron chi connectivity index (χ1n) is 0. The van der Waals surface area contributed by atoms with Crippen LogP contribution in [-0.4, -0.2) is 48.8 Å². The minimum absolute atomic E-state index is 0. The first-order chi connectivity index (χ1) is 0. The van der Waals surface area contributed by atoms with E-state index >= 15 is 0 Å². The zero-order valence-corrected chi connectivity index (χ0v) is 1.24. The Morgan fingerprint density at radius 1 is 1.00 bits per heavy atom. The van der Waals surface area contributed by atoms with Gasteiger partial charge in [-0.1, -0.05) is 0 Å². The van der Waals surface area contributed by atoms with Gasteiger partial charge in [-0.05, 0) is 0 Å². The largest absolute Gasteiger partial charge is 0.316 e. The van der Waals surface area contributed by atoms with Crippen LogP contribution in [0.15, 0.2) is 0 Å². The second kappa shape index (κ2) is 20.8. The number of rotatable bonds is 0. The van der Waals surface area contributed by atoms with E-state index in [1.54, 1.807) is 0 Å². The standard InChI is InChI=1S/Al.BH3.Cu.Mg.5H/h;1H3;;;;;;;. The Labute approximate surface area is 65.4 Å². The average Bonchev–Trinajstić information content (AvgIpc) is 0. The third kappa shape index (κ3) is 9.10. The molecule has 0 aromatic carbocycles. The minimum Gasteiger partial charge on any atom is 0 e. The zero-order valence-electron chi connectivity index (χ0n) is 0.302. The number of hydrogen-bond acceptors (Lipinski definition) is 0. The summed E-state index contributed by atoms with van der Waals surface area (Å²) < 4.78 is 0. The predicted octanol–water partition coefficient (Wildman–Crippen LogP) is -3.29. The van der Waals surface area contributed by atoms with Gasteiger partial charge in [0.25, 0.3) is 0 Å². The first-order valence-corrected chi connectivity index (χ1v) is 0. The van der Waals surface area contributed by atoms with Gasteiger partial charge in [0.1, 0.15) is 0 Å². The Morgan fingerprint density at radius 3 is 1.00 bits per heavy atom. The van der Waals surface area contributed by atoms with E-state index in [-0.39, 0.29) is 65.9 Å². The fourth-order valence-electron chi connectivity index (χ4n) is 0. The van der Waals surface area contributed by atoms with Gasteiger partial charge in [-0.2, -0.15) is 0 Å². The van der Waals surface area contributed by atoms with Crippen LogP contribution in [0.25, 0.3) is 0 Å². The van der Waals surface area contributed by atoms with E-state index < -0.39 is 0 Å². The summed E-state index contributed by atoms with van der Waals surface area (Å²) in [5.74, 6) is 0. The summed E-state index contributed by atoms with van der Waals surface area (Å²) in [5, 5.41) is 0. The van der Waals surface area contributed by atoms with Crippen molar-refractivity contribution in [2.24, 2.45) is 0 Å². The predicted molar refractivity (Wildman–Crippen MR) is 28.4 cm³/mol. The Balaban J connectivity index is 0. The zero-order chi connectivity index (χ0) is 0. The van der Waals surface area contributed by atoms with Crippen LogP contribution in [0.4, 0.5) is 0 Å². The van der Waals surface area contributed by atoms with Crippen molar-refractivity contribution in [3.63, 3.8) is 0 Å². The van der Waals surface area contributed by atoms with Gasteiger partial charge in [0.15, 0.2) is 17.4 Å². The van der Waals surface area contributed by atoms with E-state index in [2.05, 4.69) is 0 Å². The van der Waals surface area contributed by atoms with E-state index in [1.807, 2.05) is 0 Å². The van der Waals surface area contributed by atoms with Crippen LogP contribution in [-0.2, 0) is 17.1 Å². The Kier molecular flexibility index (Phi) is 205. The molecule has 4 heavy (non-hydrogen) atoms. The molecule has 0 unspecified atom stereocenters. The molecule has 0 aliphatic heterocycles. The average molecular weight is 134 g/mol. The molecule has 0 saturated carbocycles. The first kappa shape index (κ1) is 39.6. The third-order valence-corrected chi connectivity index (χ3v) is 0. The van der Waals surface area contributed by atoms with Crippen molar-refractivity contribution in [1.29, 1.82) is 0 Å². The maximum absolute atomic E-state index is 0. The van der Waals surface area contributed by atoms with Crippen molar-refractivity contribution in [2.45, 2.75) is 0 Å². The molecule has 0 N–H and O–H groups in total. The molecule has 0 aliphatic carbocycles. The van der Waals surface area contributed by atoms with Crippen LogP contribution in [0.2, 0.25) is 0 Å². The Morgan fingerprint density at radius 2 is 1.00 bits per heavy atom. The fourth-order valence-corrected chi connectivity index (χ4v) is 0. The molecule has 0 atom stereocenters. The fraction of sp³-hybridized carbons (Fsp3) is 0. The van der Waals surface area contributed by atoms with E-state index in [0.29, 0.717) is 0 Å². The van der Waals surface area contributed by atoms with Crippen LogP contribution < -0.4 is 0 Å². The Bertz CT molecular complexity index is 8.00. The third-order valence-electron chi connectivity index (χ3n) is 0. The summed E-state index contributed by atoms with van der Waals surface area (Å²) in [4.78, 5) is 0. The van der Waals surface area contributed by atoms with Gasteiger partial charge in [-0.25, -0.2) is 0 Å². The molecule has 0 aromatic heterocycles. The van der Waals surface area contributed by atoms with E-state index in [4.69, 9.17) is 0 Å². The molecule has 27 valence electrons. The molecule has 0 fully saturated rings. The van der Waals surface area contributed by atoms with E-state index in [0.717, 1.165) is 0 Å². The van der Waals surface area contributed by atoms with Crippen molar-refractivity contribution < 1.29 is 17.1 Å². The van der Waals surface area contributed by atoms with Crippen LogP contribution in [0.1, 0.15) is 0 Å². The summed E-state index contributed by atoms with van der Waals surface area (Å²) in [6.45, 7) is 0. The molecule has 0 nitrogen and oxygen atoms in total. The molecule has 0 saturated heterocycles. The van der Waals surface area contributed by atoms with Crippen LogP contribution in [0, 0.1) is 0 Å². The second-order valence-corrected chi connectivity index (χ2v) is 0. The molecule has 0 aliphatic rings. The quantitative estimate of drug-likeness (QED) is 0.304. The van der Waals surface area contributed by atoms with Crippen molar-refractivity contribution >= 4 is 48.8 Å². The van der Waals surface area contributed by atoms with Gasteiger partial charge in [0.2, 0.25) is 0 Å². The van der Waals surface area contributed by atoms with Gasteiger partial charge in [0, 0.05) is 17.1 Å².